The minimum Gasteiger partial charge on any atom is -0.351 e. The highest BCUT2D eigenvalue weighted by Crippen LogP contribution is 2.16. The molecule has 2 nitrogen and oxygen atoms in total. The minimum absolute atomic E-state index is 0.0627. The second-order valence-electron chi connectivity index (χ2n) is 4.57. The maximum Gasteiger partial charge on any atom is 0.251 e. The Morgan fingerprint density at radius 1 is 1.44 bits per heavy atom. The number of rotatable bonds is 5. The largest absolute Gasteiger partial charge is 0.351 e. The highest BCUT2D eigenvalue weighted by atomic mass is 35.5. The summed E-state index contributed by atoms with van der Waals surface area (Å²) in [6, 6.07) is 3.86. The van der Waals surface area contributed by atoms with Gasteiger partial charge in [0.25, 0.3) is 5.91 Å². The van der Waals surface area contributed by atoms with Gasteiger partial charge in [-0.15, -0.1) is 11.6 Å². The van der Waals surface area contributed by atoms with Gasteiger partial charge >= 0.3 is 0 Å². The fourth-order valence-electron chi connectivity index (χ4n) is 1.54. The van der Waals surface area contributed by atoms with Gasteiger partial charge in [-0.25, -0.2) is 4.39 Å². The van der Waals surface area contributed by atoms with E-state index in [0.29, 0.717) is 18.0 Å². The third-order valence-electron chi connectivity index (χ3n) is 2.39. The SMILES string of the molecule is CC(C)CC(Cl)CNC(=O)c1ccc(F)c(Cl)c1. The molecule has 0 spiro atoms. The van der Waals surface area contributed by atoms with E-state index in [1.165, 1.54) is 18.2 Å². The molecule has 1 aromatic carbocycles. The Labute approximate surface area is 116 Å². The number of alkyl halides is 1. The summed E-state index contributed by atoms with van der Waals surface area (Å²) in [5.74, 6) is -0.362. The number of benzene rings is 1. The van der Waals surface area contributed by atoms with Crippen LogP contribution < -0.4 is 5.32 Å². The zero-order valence-corrected chi connectivity index (χ0v) is 11.9. The molecule has 18 heavy (non-hydrogen) atoms. The van der Waals surface area contributed by atoms with Crippen LogP contribution in [0.25, 0.3) is 0 Å². The van der Waals surface area contributed by atoms with Crippen LogP contribution >= 0.6 is 23.2 Å². The molecule has 0 aliphatic rings. The second-order valence-corrected chi connectivity index (χ2v) is 5.59. The van der Waals surface area contributed by atoms with Crippen molar-refractivity contribution in [3.8, 4) is 0 Å². The van der Waals surface area contributed by atoms with Gasteiger partial charge in [-0.3, -0.25) is 4.79 Å². The van der Waals surface area contributed by atoms with Crippen LogP contribution in [0.4, 0.5) is 4.39 Å². The van der Waals surface area contributed by atoms with Crippen LogP contribution in [-0.4, -0.2) is 17.8 Å². The molecule has 1 atom stereocenters. The monoisotopic (exact) mass is 291 g/mol. The van der Waals surface area contributed by atoms with Crippen molar-refractivity contribution in [1.29, 1.82) is 0 Å². The lowest BCUT2D eigenvalue weighted by Crippen LogP contribution is -2.30. The fourth-order valence-corrected chi connectivity index (χ4v) is 2.15. The summed E-state index contributed by atoms with van der Waals surface area (Å²) in [6.45, 7) is 4.52. The summed E-state index contributed by atoms with van der Waals surface area (Å²) in [7, 11) is 0. The maximum atomic E-state index is 12.9. The molecule has 0 saturated heterocycles. The van der Waals surface area contributed by atoms with Gasteiger partial charge in [0.05, 0.1) is 10.4 Å². The summed E-state index contributed by atoms with van der Waals surface area (Å²) in [4.78, 5) is 11.7. The summed E-state index contributed by atoms with van der Waals surface area (Å²) >= 11 is 11.7. The molecule has 0 radical (unpaired) electrons. The Kier molecular flexibility index (Phi) is 5.89. The molecule has 0 aliphatic carbocycles. The van der Waals surface area contributed by atoms with E-state index >= 15 is 0 Å². The van der Waals surface area contributed by atoms with Crippen molar-refractivity contribution in [3.05, 3.63) is 34.6 Å². The van der Waals surface area contributed by atoms with Crippen molar-refractivity contribution in [2.75, 3.05) is 6.54 Å². The maximum absolute atomic E-state index is 12.9. The van der Waals surface area contributed by atoms with E-state index in [-0.39, 0.29) is 16.3 Å². The molecule has 1 N–H and O–H groups in total. The smallest absolute Gasteiger partial charge is 0.251 e. The Morgan fingerprint density at radius 3 is 2.67 bits per heavy atom. The van der Waals surface area contributed by atoms with E-state index in [0.717, 1.165) is 6.42 Å². The molecular weight excluding hydrogens is 276 g/mol. The van der Waals surface area contributed by atoms with Crippen molar-refractivity contribution in [3.63, 3.8) is 0 Å². The third kappa shape index (κ3) is 4.83. The van der Waals surface area contributed by atoms with Gasteiger partial charge < -0.3 is 5.32 Å². The standard InChI is InChI=1S/C13H16Cl2FNO/c1-8(2)5-10(14)7-17-13(18)9-3-4-12(16)11(15)6-9/h3-4,6,8,10H,5,7H2,1-2H3,(H,17,18). The van der Waals surface area contributed by atoms with Gasteiger partial charge in [0.15, 0.2) is 0 Å². The van der Waals surface area contributed by atoms with E-state index in [4.69, 9.17) is 23.2 Å². The number of halogens is 3. The first-order valence-electron chi connectivity index (χ1n) is 5.77. The molecule has 0 saturated carbocycles. The minimum atomic E-state index is -0.539. The zero-order valence-electron chi connectivity index (χ0n) is 10.3. The quantitative estimate of drug-likeness (QED) is 0.820. The highest BCUT2D eigenvalue weighted by Gasteiger charge is 2.12. The number of nitrogens with one attached hydrogen (secondary N) is 1. The molecule has 100 valence electrons. The number of hydrogen-bond donors (Lipinski definition) is 1. The average Bonchev–Trinajstić information content (AvgIpc) is 2.28. The summed E-state index contributed by atoms with van der Waals surface area (Å²) in [6.07, 6.45) is 0.825. The van der Waals surface area contributed by atoms with Crippen molar-refractivity contribution < 1.29 is 9.18 Å². The number of hydrogen-bond acceptors (Lipinski definition) is 1. The molecule has 0 fully saturated rings. The zero-order chi connectivity index (χ0) is 13.7. The van der Waals surface area contributed by atoms with Crippen LogP contribution in [0.5, 0.6) is 0 Å². The predicted molar refractivity (Wildman–Crippen MR) is 72.8 cm³/mol. The third-order valence-corrected chi connectivity index (χ3v) is 3.02. The number of amides is 1. The van der Waals surface area contributed by atoms with Crippen LogP contribution in [0.1, 0.15) is 30.6 Å². The molecule has 0 bridgehead atoms. The molecule has 0 aliphatic heterocycles. The predicted octanol–water partition coefficient (Wildman–Crippen LogP) is 3.86. The highest BCUT2D eigenvalue weighted by molar-refractivity contribution is 6.31. The van der Waals surface area contributed by atoms with Gasteiger partial charge in [0, 0.05) is 12.1 Å². The first-order chi connectivity index (χ1) is 8.40. The van der Waals surface area contributed by atoms with Crippen LogP contribution in [0.2, 0.25) is 5.02 Å². The lowest BCUT2D eigenvalue weighted by Gasteiger charge is -2.13. The number of carbonyl (C=O) groups is 1. The van der Waals surface area contributed by atoms with Gasteiger partial charge in [0.2, 0.25) is 0 Å². The molecule has 1 amide bonds. The van der Waals surface area contributed by atoms with Gasteiger partial charge in [-0.2, -0.15) is 0 Å². The van der Waals surface area contributed by atoms with Crippen LogP contribution in [0.3, 0.4) is 0 Å². The van der Waals surface area contributed by atoms with E-state index in [9.17, 15) is 9.18 Å². The normalized spacial score (nSPS) is 12.6. The molecular formula is C13H16Cl2FNO. The molecule has 0 aromatic heterocycles. The lowest BCUT2D eigenvalue weighted by molar-refractivity contribution is 0.0953. The molecule has 1 aromatic rings. The van der Waals surface area contributed by atoms with Crippen molar-refractivity contribution in [1.82, 2.24) is 5.32 Å². The van der Waals surface area contributed by atoms with E-state index < -0.39 is 5.82 Å². The molecule has 0 heterocycles. The van der Waals surface area contributed by atoms with Crippen LogP contribution in [0, 0.1) is 11.7 Å². The van der Waals surface area contributed by atoms with E-state index in [2.05, 4.69) is 19.2 Å². The van der Waals surface area contributed by atoms with Crippen molar-refractivity contribution >= 4 is 29.1 Å². The topological polar surface area (TPSA) is 29.1 Å². The Balaban J connectivity index is 2.52. The Morgan fingerprint density at radius 2 is 2.11 bits per heavy atom. The first kappa shape index (κ1) is 15.3. The lowest BCUT2D eigenvalue weighted by atomic mass is 10.1. The van der Waals surface area contributed by atoms with Gasteiger partial charge in [-0.1, -0.05) is 25.4 Å². The fraction of sp³-hybridized carbons (Fsp3) is 0.462. The van der Waals surface area contributed by atoms with Gasteiger partial charge in [0.1, 0.15) is 5.82 Å². The van der Waals surface area contributed by atoms with Crippen LogP contribution in [-0.2, 0) is 0 Å². The Bertz CT molecular complexity index is 423. The van der Waals surface area contributed by atoms with Gasteiger partial charge in [-0.05, 0) is 30.5 Å². The summed E-state index contributed by atoms with van der Waals surface area (Å²) in [5.41, 5.74) is 0.329. The number of carbonyl (C=O) groups excluding carboxylic acids is 1. The molecule has 5 heteroatoms. The summed E-state index contributed by atoms with van der Waals surface area (Å²) < 4.78 is 12.9. The van der Waals surface area contributed by atoms with Crippen molar-refractivity contribution in [2.45, 2.75) is 25.6 Å². The molecule has 1 unspecified atom stereocenters. The van der Waals surface area contributed by atoms with Crippen molar-refractivity contribution in [2.24, 2.45) is 5.92 Å². The first-order valence-corrected chi connectivity index (χ1v) is 6.59. The second kappa shape index (κ2) is 6.95. The average molecular weight is 292 g/mol. The molecule has 1 rings (SSSR count). The van der Waals surface area contributed by atoms with E-state index in [1.54, 1.807) is 0 Å². The van der Waals surface area contributed by atoms with Crippen LogP contribution in [0.15, 0.2) is 18.2 Å². The van der Waals surface area contributed by atoms with E-state index in [1.807, 2.05) is 0 Å². The summed E-state index contributed by atoms with van der Waals surface area (Å²) in [5, 5.41) is 2.53. The Hall–Kier alpha value is -0.800.